The summed E-state index contributed by atoms with van der Waals surface area (Å²) in [7, 11) is 1.37. The van der Waals surface area contributed by atoms with Gasteiger partial charge in [0.2, 0.25) is 0 Å². The van der Waals surface area contributed by atoms with E-state index in [4.69, 9.17) is 9.84 Å². The number of aromatic amines is 1. The number of hydrogen-bond donors (Lipinski definition) is 2. The van der Waals surface area contributed by atoms with Gasteiger partial charge in [-0.05, 0) is 34.1 Å². The lowest BCUT2D eigenvalue weighted by Gasteiger charge is -2.02. The molecular weight excluding hydrogens is 307 g/mol. The van der Waals surface area contributed by atoms with Gasteiger partial charge in [-0.1, -0.05) is 0 Å². The zero-order chi connectivity index (χ0) is 13.3. The lowest BCUT2D eigenvalue weighted by molar-refractivity contribution is 0.0690. The summed E-state index contributed by atoms with van der Waals surface area (Å²) < 4.78 is 18.5. The van der Waals surface area contributed by atoms with Crippen LogP contribution in [0.1, 0.15) is 10.5 Å². The van der Waals surface area contributed by atoms with E-state index < -0.39 is 11.8 Å². The van der Waals surface area contributed by atoms with Gasteiger partial charge < -0.3 is 14.8 Å². The summed E-state index contributed by atoms with van der Waals surface area (Å²) in [6.45, 7) is 0. The molecule has 0 atom stereocenters. The van der Waals surface area contributed by atoms with Crippen LogP contribution in [0.5, 0.6) is 5.75 Å². The van der Waals surface area contributed by atoms with Crippen LogP contribution < -0.4 is 4.74 Å². The number of nitrogens with one attached hydrogen (secondary N) is 1. The molecule has 1 aromatic heterocycles. The van der Waals surface area contributed by atoms with Gasteiger partial charge in [0.25, 0.3) is 0 Å². The van der Waals surface area contributed by atoms with E-state index in [1.807, 2.05) is 0 Å². The summed E-state index contributed by atoms with van der Waals surface area (Å²) in [5.74, 6) is -1.33. The first-order chi connectivity index (χ1) is 8.52. The molecule has 0 amide bonds. The molecule has 7 heteroatoms. The molecule has 18 heavy (non-hydrogen) atoms. The normalized spacial score (nSPS) is 10.4. The lowest BCUT2D eigenvalue weighted by Crippen LogP contribution is -1.97. The zero-order valence-electron chi connectivity index (χ0n) is 9.20. The molecule has 0 spiro atoms. The topological polar surface area (TPSA) is 75.2 Å². The molecule has 0 unspecified atom stereocenters. The Morgan fingerprint density at radius 1 is 1.56 bits per heavy atom. The second kappa shape index (κ2) is 4.77. The summed E-state index contributed by atoms with van der Waals surface area (Å²) in [6, 6.07) is 4.25. The van der Waals surface area contributed by atoms with Crippen LogP contribution in [0.25, 0.3) is 11.4 Å². The number of H-pyrrole nitrogens is 1. The standard InChI is InChI=1S/C11H8BrFN2O3/c1-18-7-3-2-5(4-6(7)13)10-14-8(11(16)17)9(12)15-10/h2-4H,1H3,(H,14,15)(H,16,17). The number of carbonyl (C=O) groups is 1. The van der Waals surface area contributed by atoms with Crippen molar-refractivity contribution in [2.75, 3.05) is 7.11 Å². The van der Waals surface area contributed by atoms with Crippen molar-refractivity contribution in [2.24, 2.45) is 0 Å². The van der Waals surface area contributed by atoms with E-state index in [-0.39, 0.29) is 21.9 Å². The lowest BCUT2D eigenvalue weighted by atomic mass is 10.2. The van der Waals surface area contributed by atoms with Gasteiger partial charge in [-0.25, -0.2) is 14.2 Å². The fourth-order valence-electron chi connectivity index (χ4n) is 1.44. The average molecular weight is 315 g/mol. The van der Waals surface area contributed by atoms with Crippen LogP contribution in [0.3, 0.4) is 0 Å². The first kappa shape index (κ1) is 12.6. The molecule has 0 aliphatic carbocycles. The fraction of sp³-hybridized carbons (Fsp3) is 0.0909. The van der Waals surface area contributed by atoms with Crippen molar-refractivity contribution in [1.82, 2.24) is 9.97 Å². The van der Waals surface area contributed by atoms with E-state index in [1.54, 1.807) is 6.07 Å². The Hall–Kier alpha value is -1.89. The van der Waals surface area contributed by atoms with Crippen LogP contribution in [-0.2, 0) is 0 Å². The number of hydrogen-bond acceptors (Lipinski definition) is 3. The molecule has 1 heterocycles. The number of imidazole rings is 1. The molecular formula is C11H8BrFN2O3. The predicted molar refractivity (Wildman–Crippen MR) is 65.2 cm³/mol. The van der Waals surface area contributed by atoms with Gasteiger partial charge in [-0.15, -0.1) is 0 Å². The molecule has 0 fully saturated rings. The number of aromatic carboxylic acids is 1. The fourth-order valence-corrected chi connectivity index (χ4v) is 1.89. The van der Waals surface area contributed by atoms with Crippen molar-refractivity contribution >= 4 is 21.9 Å². The maximum Gasteiger partial charge on any atom is 0.357 e. The molecule has 0 aliphatic heterocycles. The van der Waals surface area contributed by atoms with Crippen LogP contribution in [0.4, 0.5) is 4.39 Å². The van der Waals surface area contributed by atoms with Crippen LogP contribution in [-0.4, -0.2) is 28.2 Å². The van der Waals surface area contributed by atoms with Crippen molar-refractivity contribution in [2.45, 2.75) is 0 Å². The third-order valence-corrected chi connectivity index (χ3v) is 2.86. The van der Waals surface area contributed by atoms with E-state index in [0.29, 0.717) is 5.56 Å². The molecule has 2 rings (SSSR count). The molecule has 2 aromatic rings. The Balaban J connectivity index is 2.46. The molecule has 0 radical (unpaired) electrons. The SMILES string of the molecule is COc1ccc(-c2nc(C(=O)O)c(Br)[nH]2)cc1F. The van der Waals surface area contributed by atoms with Crippen LogP contribution in [0.15, 0.2) is 22.8 Å². The van der Waals surface area contributed by atoms with Crippen molar-refractivity contribution in [3.05, 3.63) is 34.3 Å². The third-order valence-electron chi connectivity index (χ3n) is 2.29. The van der Waals surface area contributed by atoms with Gasteiger partial charge in [0.15, 0.2) is 17.3 Å². The van der Waals surface area contributed by atoms with Gasteiger partial charge in [-0.3, -0.25) is 0 Å². The van der Waals surface area contributed by atoms with E-state index in [9.17, 15) is 9.18 Å². The van der Waals surface area contributed by atoms with Gasteiger partial charge >= 0.3 is 5.97 Å². The van der Waals surface area contributed by atoms with Crippen molar-refractivity contribution in [3.63, 3.8) is 0 Å². The van der Waals surface area contributed by atoms with E-state index in [1.165, 1.54) is 19.2 Å². The first-order valence-corrected chi connectivity index (χ1v) is 5.65. The monoisotopic (exact) mass is 314 g/mol. The Morgan fingerprint density at radius 3 is 2.78 bits per heavy atom. The summed E-state index contributed by atoms with van der Waals surface area (Å²) in [5, 5.41) is 8.86. The molecule has 0 saturated carbocycles. The largest absolute Gasteiger partial charge is 0.494 e. The quantitative estimate of drug-likeness (QED) is 0.913. The highest BCUT2D eigenvalue weighted by molar-refractivity contribution is 9.10. The van der Waals surface area contributed by atoms with E-state index >= 15 is 0 Å². The molecule has 5 nitrogen and oxygen atoms in total. The molecule has 0 bridgehead atoms. The second-order valence-corrected chi connectivity index (χ2v) is 4.20. The Labute approximate surface area is 110 Å². The van der Waals surface area contributed by atoms with Gasteiger partial charge in [0.05, 0.1) is 7.11 Å². The zero-order valence-corrected chi connectivity index (χ0v) is 10.8. The van der Waals surface area contributed by atoms with Gasteiger partial charge in [0, 0.05) is 5.56 Å². The average Bonchev–Trinajstić information content (AvgIpc) is 2.71. The van der Waals surface area contributed by atoms with Gasteiger partial charge in [-0.2, -0.15) is 0 Å². The number of halogens is 2. The third kappa shape index (κ3) is 2.21. The molecule has 0 aliphatic rings. The van der Waals surface area contributed by atoms with Crippen LogP contribution >= 0.6 is 15.9 Å². The Kier molecular flexibility index (Phi) is 3.33. The minimum atomic E-state index is -1.17. The van der Waals surface area contributed by atoms with Crippen LogP contribution in [0.2, 0.25) is 0 Å². The molecule has 2 N–H and O–H groups in total. The summed E-state index contributed by atoms with van der Waals surface area (Å²) in [4.78, 5) is 17.4. The van der Waals surface area contributed by atoms with Crippen molar-refractivity contribution < 1.29 is 19.0 Å². The second-order valence-electron chi connectivity index (χ2n) is 3.40. The maximum absolute atomic E-state index is 13.5. The predicted octanol–water partition coefficient (Wildman–Crippen LogP) is 2.69. The van der Waals surface area contributed by atoms with Crippen LogP contribution in [0, 0.1) is 5.82 Å². The number of aromatic nitrogens is 2. The summed E-state index contributed by atoms with van der Waals surface area (Å²) in [5.41, 5.74) is 0.280. The summed E-state index contributed by atoms with van der Waals surface area (Å²) in [6.07, 6.45) is 0. The number of benzene rings is 1. The minimum Gasteiger partial charge on any atom is -0.494 e. The highest BCUT2D eigenvalue weighted by Gasteiger charge is 2.16. The number of nitrogens with zero attached hydrogens (tertiary/aromatic N) is 1. The van der Waals surface area contributed by atoms with Crippen molar-refractivity contribution in [1.29, 1.82) is 0 Å². The van der Waals surface area contributed by atoms with E-state index in [0.717, 1.165) is 0 Å². The van der Waals surface area contributed by atoms with E-state index in [2.05, 4.69) is 25.9 Å². The maximum atomic E-state index is 13.5. The highest BCUT2D eigenvalue weighted by atomic mass is 79.9. The Bertz CT molecular complexity index is 612. The minimum absolute atomic E-state index is 0.114. The first-order valence-electron chi connectivity index (χ1n) is 4.85. The van der Waals surface area contributed by atoms with Crippen molar-refractivity contribution in [3.8, 4) is 17.1 Å². The molecule has 0 saturated heterocycles. The number of methoxy groups -OCH3 is 1. The highest BCUT2D eigenvalue weighted by Crippen LogP contribution is 2.26. The summed E-state index contributed by atoms with van der Waals surface area (Å²) >= 11 is 3.04. The number of carboxylic acid groups (broad SMARTS) is 1. The number of ether oxygens (including phenoxy) is 1. The number of rotatable bonds is 3. The smallest absolute Gasteiger partial charge is 0.357 e. The molecule has 94 valence electrons. The Morgan fingerprint density at radius 2 is 2.28 bits per heavy atom. The number of carboxylic acids is 1. The van der Waals surface area contributed by atoms with Gasteiger partial charge in [0.1, 0.15) is 10.4 Å². The molecule has 1 aromatic carbocycles.